The second kappa shape index (κ2) is 13.5. The molecule has 38 heavy (non-hydrogen) atoms. The number of guanidine groups is 1. The summed E-state index contributed by atoms with van der Waals surface area (Å²) in [6, 6.07) is 9.19. The predicted molar refractivity (Wildman–Crippen MR) is 143 cm³/mol. The van der Waals surface area contributed by atoms with Gasteiger partial charge in [-0.2, -0.15) is 9.83 Å². The van der Waals surface area contributed by atoms with Crippen molar-refractivity contribution in [1.29, 1.82) is 5.41 Å². The van der Waals surface area contributed by atoms with Crippen LogP contribution >= 0.6 is 23.2 Å². The number of pyridine rings is 1. The van der Waals surface area contributed by atoms with Gasteiger partial charge >= 0.3 is 0 Å². The number of carbonyl (C=O) groups excluding carboxylic acids is 2. The third-order valence-corrected chi connectivity index (χ3v) is 6.10. The van der Waals surface area contributed by atoms with Gasteiger partial charge < -0.3 is 32.0 Å². The van der Waals surface area contributed by atoms with Crippen LogP contribution < -0.4 is 31.6 Å². The molecule has 3 rings (SSSR count). The number of hydrogen-bond donors (Lipinski definition) is 5. The smallest absolute Gasteiger partial charge is 0.240 e. The summed E-state index contributed by atoms with van der Waals surface area (Å²) >= 11 is 12.2. The monoisotopic (exact) mass is 562 g/mol. The highest BCUT2D eigenvalue weighted by Gasteiger charge is 2.18. The van der Waals surface area contributed by atoms with Gasteiger partial charge in [0.25, 0.3) is 0 Å². The van der Waals surface area contributed by atoms with E-state index in [0.717, 1.165) is 0 Å². The Kier molecular flexibility index (Phi) is 10.1. The number of primary amides is 1. The van der Waals surface area contributed by atoms with Gasteiger partial charge in [-0.1, -0.05) is 23.2 Å². The zero-order valence-electron chi connectivity index (χ0n) is 20.3. The lowest BCUT2D eigenvalue weighted by molar-refractivity contribution is -0.604. The van der Waals surface area contributed by atoms with Gasteiger partial charge in [0.2, 0.25) is 17.7 Å². The van der Waals surface area contributed by atoms with E-state index >= 15 is 0 Å². The Bertz CT molecular complexity index is 1300. The van der Waals surface area contributed by atoms with E-state index in [-0.39, 0.29) is 24.9 Å². The molecular formula is C24H28Cl2N8O4. The number of carbonyl (C=O) groups is 2. The molecule has 12 nitrogen and oxygen atoms in total. The first-order valence-electron chi connectivity index (χ1n) is 11.7. The molecule has 14 heteroatoms. The number of ether oxygens (including phenoxy) is 1. The molecule has 0 saturated carbocycles. The van der Waals surface area contributed by atoms with E-state index < -0.39 is 11.9 Å². The van der Waals surface area contributed by atoms with Crippen LogP contribution in [0.2, 0.25) is 10.0 Å². The van der Waals surface area contributed by atoms with Crippen molar-refractivity contribution < 1.29 is 19.1 Å². The summed E-state index contributed by atoms with van der Waals surface area (Å²) in [5, 5.41) is 29.4. The zero-order valence-corrected chi connectivity index (χ0v) is 21.8. The number of benzene rings is 1. The van der Waals surface area contributed by atoms with E-state index in [1.54, 1.807) is 36.4 Å². The standard InChI is InChI=1S/C24H28Cl2N8O4/c25-17-8-7-16(12-18(17)26)34-22(13-20(32-34)15-4-2-10-33(37)14-15)38-11-3-6-21(35)31-19(23(27)36)5-1-9-30-24(28)29/h2,4,7-8,10,12-14,19H,1,3,5-6,9,11H2,(H2,27,36)(H,31,35)(H4,28,29,30)/t19-/m0/s1. The van der Waals surface area contributed by atoms with Crippen molar-refractivity contribution in [3.8, 4) is 22.8 Å². The Morgan fingerprint density at radius 1 is 1.18 bits per heavy atom. The van der Waals surface area contributed by atoms with E-state index in [1.165, 1.54) is 17.1 Å². The predicted octanol–water partition coefficient (Wildman–Crippen LogP) is 1.87. The second-order valence-electron chi connectivity index (χ2n) is 8.29. The molecule has 0 aliphatic rings. The van der Waals surface area contributed by atoms with Gasteiger partial charge in [0, 0.05) is 25.1 Å². The van der Waals surface area contributed by atoms with Gasteiger partial charge in [-0.15, -0.1) is 0 Å². The highest BCUT2D eigenvalue weighted by Crippen LogP contribution is 2.29. The van der Waals surface area contributed by atoms with Gasteiger partial charge in [0.05, 0.1) is 27.9 Å². The number of hydrogen-bond acceptors (Lipinski definition) is 6. The fourth-order valence-electron chi connectivity index (χ4n) is 3.51. The maximum Gasteiger partial charge on any atom is 0.240 e. The SMILES string of the molecule is N=C(N)NCCC[C@H](NC(=O)CCCOc1cc(-c2ccc[n+]([O-])c2)nn1-c1ccc(Cl)c(Cl)c1)C(N)=O. The lowest BCUT2D eigenvalue weighted by Gasteiger charge is -2.16. The number of nitrogens with zero attached hydrogens (tertiary/aromatic N) is 3. The van der Waals surface area contributed by atoms with Gasteiger partial charge in [0.1, 0.15) is 11.7 Å². The van der Waals surface area contributed by atoms with Crippen LogP contribution in [-0.4, -0.2) is 46.7 Å². The first-order chi connectivity index (χ1) is 18.1. The summed E-state index contributed by atoms with van der Waals surface area (Å²) in [4.78, 5) is 24.1. The van der Waals surface area contributed by atoms with Crippen molar-refractivity contribution in [3.63, 3.8) is 0 Å². The minimum absolute atomic E-state index is 0.0953. The van der Waals surface area contributed by atoms with Gasteiger partial charge in [0.15, 0.2) is 18.4 Å². The molecule has 0 aliphatic heterocycles. The van der Waals surface area contributed by atoms with Crippen LogP contribution in [0.5, 0.6) is 5.88 Å². The molecule has 0 spiro atoms. The number of nitrogens with one attached hydrogen (secondary N) is 3. The Morgan fingerprint density at radius 2 is 1.97 bits per heavy atom. The molecule has 0 bridgehead atoms. The molecule has 0 radical (unpaired) electrons. The molecule has 1 atom stereocenters. The number of rotatable bonds is 13. The Labute approximate surface area is 228 Å². The average Bonchev–Trinajstić information content (AvgIpc) is 3.29. The molecule has 2 aromatic heterocycles. The fraction of sp³-hybridized carbons (Fsp3) is 0.292. The first kappa shape index (κ1) is 28.5. The van der Waals surface area contributed by atoms with Crippen molar-refractivity contribution in [3.05, 3.63) is 64.0 Å². The first-order valence-corrected chi connectivity index (χ1v) is 12.4. The highest BCUT2D eigenvalue weighted by atomic mass is 35.5. The second-order valence-corrected chi connectivity index (χ2v) is 9.10. The highest BCUT2D eigenvalue weighted by molar-refractivity contribution is 6.42. The van der Waals surface area contributed by atoms with Crippen LogP contribution in [0, 0.1) is 10.6 Å². The minimum Gasteiger partial charge on any atom is -0.619 e. The van der Waals surface area contributed by atoms with Gasteiger partial charge in [-0.05, 0) is 43.5 Å². The van der Waals surface area contributed by atoms with Crippen LogP contribution in [0.25, 0.3) is 16.9 Å². The molecule has 0 unspecified atom stereocenters. The maximum absolute atomic E-state index is 12.4. The van der Waals surface area contributed by atoms with Gasteiger partial charge in [-0.25, -0.2) is 4.68 Å². The molecule has 7 N–H and O–H groups in total. The summed E-state index contributed by atoms with van der Waals surface area (Å²) in [6.07, 6.45) is 4.00. The summed E-state index contributed by atoms with van der Waals surface area (Å²) in [7, 11) is 0. The van der Waals surface area contributed by atoms with Crippen LogP contribution in [0.15, 0.2) is 48.8 Å². The number of nitrogens with two attached hydrogens (primary N) is 2. The molecule has 2 amide bonds. The summed E-state index contributed by atoms with van der Waals surface area (Å²) < 4.78 is 8.12. The van der Waals surface area contributed by atoms with Crippen molar-refractivity contribution >= 4 is 41.0 Å². The van der Waals surface area contributed by atoms with Crippen molar-refractivity contribution in [2.75, 3.05) is 13.2 Å². The summed E-state index contributed by atoms with van der Waals surface area (Å²) in [5.74, 6) is -0.793. The average molecular weight is 563 g/mol. The van der Waals surface area contributed by atoms with E-state index in [2.05, 4.69) is 15.7 Å². The lowest BCUT2D eigenvalue weighted by Crippen LogP contribution is -2.45. The Balaban J connectivity index is 1.63. The van der Waals surface area contributed by atoms with Crippen LogP contribution in [0.3, 0.4) is 0 Å². The number of amides is 2. The largest absolute Gasteiger partial charge is 0.619 e. The molecule has 0 saturated heterocycles. The molecule has 2 heterocycles. The van der Waals surface area contributed by atoms with Crippen molar-refractivity contribution in [2.45, 2.75) is 31.7 Å². The molecule has 0 fully saturated rings. The molecule has 1 aromatic carbocycles. The van der Waals surface area contributed by atoms with Crippen LogP contribution in [0.4, 0.5) is 0 Å². The topological polar surface area (TPSA) is 188 Å². The van der Waals surface area contributed by atoms with Gasteiger partial charge in [-0.3, -0.25) is 15.0 Å². The zero-order chi connectivity index (χ0) is 27.7. The third kappa shape index (κ3) is 8.25. The molecule has 202 valence electrons. The van der Waals surface area contributed by atoms with E-state index in [9.17, 15) is 14.8 Å². The van der Waals surface area contributed by atoms with Crippen molar-refractivity contribution in [2.24, 2.45) is 11.5 Å². The lowest BCUT2D eigenvalue weighted by atomic mass is 10.1. The summed E-state index contributed by atoms with van der Waals surface area (Å²) in [5.41, 5.74) is 12.3. The number of aromatic nitrogens is 3. The summed E-state index contributed by atoms with van der Waals surface area (Å²) in [6.45, 7) is 0.551. The van der Waals surface area contributed by atoms with E-state index in [1.807, 2.05) is 0 Å². The Hall–Kier alpha value is -4.03. The number of halogens is 2. The van der Waals surface area contributed by atoms with Crippen molar-refractivity contribution in [1.82, 2.24) is 20.4 Å². The molecule has 0 aliphatic carbocycles. The third-order valence-electron chi connectivity index (χ3n) is 5.36. The molecular weight excluding hydrogens is 535 g/mol. The van der Waals surface area contributed by atoms with E-state index in [4.69, 9.17) is 44.8 Å². The quantitative estimate of drug-likeness (QED) is 0.0690. The normalized spacial score (nSPS) is 11.5. The minimum atomic E-state index is -0.828. The molecule has 3 aromatic rings. The van der Waals surface area contributed by atoms with Crippen LogP contribution in [-0.2, 0) is 9.59 Å². The Morgan fingerprint density at radius 3 is 2.66 bits per heavy atom. The van der Waals surface area contributed by atoms with E-state index in [0.29, 0.717) is 63.4 Å². The van der Waals surface area contributed by atoms with Crippen LogP contribution in [0.1, 0.15) is 25.7 Å². The fourth-order valence-corrected chi connectivity index (χ4v) is 3.80. The maximum atomic E-state index is 12.4.